The summed E-state index contributed by atoms with van der Waals surface area (Å²) in [7, 11) is 1.80. The van der Waals surface area contributed by atoms with Crippen molar-refractivity contribution in [1.82, 2.24) is 14.7 Å². The molecule has 0 spiro atoms. The lowest BCUT2D eigenvalue weighted by Gasteiger charge is -2.33. The van der Waals surface area contributed by atoms with Gasteiger partial charge >= 0.3 is 5.97 Å². The van der Waals surface area contributed by atoms with E-state index < -0.39 is 5.97 Å². The number of hydrogen-bond acceptors (Lipinski definition) is 4. The topological polar surface area (TPSA) is 64.4 Å². The van der Waals surface area contributed by atoms with Crippen molar-refractivity contribution in [2.75, 3.05) is 13.7 Å². The normalized spacial score (nSPS) is 19.1. The average molecular weight is 410 g/mol. The molecule has 3 rings (SSSR count). The second-order valence-corrected chi connectivity index (χ2v) is 8.19. The second-order valence-electron chi connectivity index (χ2n) is 8.19. The minimum Gasteiger partial charge on any atom is -0.452 e. The van der Waals surface area contributed by atoms with E-state index in [2.05, 4.69) is 12.0 Å². The number of rotatable bonds is 6. The fourth-order valence-corrected chi connectivity index (χ4v) is 3.98. The molecule has 0 N–H and O–H groups in total. The highest BCUT2D eigenvalue weighted by Crippen LogP contribution is 2.26. The van der Waals surface area contributed by atoms with Gasteiger partial charge in [0.2, 0.25) is 0 Å². The molecule has 0 aliphatic heterocycles. The molecule has 160 valence electrons. The van der Waals surface area contributed by atoms with Gasteiger partial charge in [-0.15, -0.1) is 0 Å². The van der Waals surface area contributed by atoms with E-state index in [1.54, 1.807) is 18.0 Å². The first kappa shape index (κ1) is 21.8. The molecule has 1 saturated carbocycles. The fourth-order valence-electron chi connectivity index (χ4n) is 3.98. The van der Waals surface area contributed by atoms with E-state index in [9.17, 15) is 9.59 Å². The number of benzene rings is 1. The van der Waals surface area contributed by atoms with Gasteiger partial charge in [-0.1, -0.05) is 25.1 Å². The maximum Gasteiger partial charge on any atom is 0.331 e. The number of hydrogen-bond donors (Lipinski definition) is 0. The van der Waals surface area contributed by atoms with E-state index in [1.165, 1.54) is 6.08 Å². The quantitative estimate of drug-likeness (QED) is 0.533. The summed E-state index contributed by atoms with van der Waals surface area (Å²) in [5.41, 5.74) is 3.59. The summed E-state index contributed by atoms with van der Waals surface area (Å²) >= 11 is 0. The van der Waals surface area contributed by atoms with Crippen molar-refractivity contribution in [3.8, 4) is 5.69 Å². The monoisotopic (exact) mass is 409 g/mol. The summed E-state index contributed by atoms with van der Waals surface area (Å²) in [6, 6.07) is 10.1. The smallest absolute Gasteiger partial charge is 0.331 e. The summed E-state index contributed by atoms with van der Waals surface area (Å²) in [6.07, 6.45) is 7.38. The van der Waals surface area contributed by atoms with Crippen molar-refractivity contribution in [3.05, 3.63) is 53.4 Å². The predicted octanol–water partition coefficient (Wildman–Crippen LogP) is 4.08. The molecule has 2 aromatic rings. The fraction of sp³-hybridized carbons (Fsp3) is 0.458. The van der Waals surface area contributed by atoms with Crippen LogP contribution in [-0.2, 0) is 14.3 Å². The largest absolute Gasteiger partial charge is 0.452 e. The van der Waals surface area contributed by atoms with Crippen molar-refractivity contribution in [1.29, 1.82) is 0 Å². The molecule has 0 atom stereocenters. The van der Waals surface area contributed by atoms with Gasteiger partial charge in [0.05, 0.1) is 11.4 Å². The molecule has 1 aromatic carbocycles. The van der Waals surface area contributed by atoms with Crippen LogP contribution in [-0.4, -0.2) is 46.3 Å². The summed E-state index contributed by atoms with van der Waals surface area (Å²) in [6.45, 7) is 5.88. The number of likely N-dealkylation sites (N-methyl/N-ethyl adjacent to an activating group) is 1. The zero-order chi connectivity index (χ0) is 21.7. The minimum atomic E-state index is -0.528. The molecule has 0 unspecified atom stereocenters. The molecule has 1 heterocycles. The Morgan fingerprint density at radius 3 is 2.50 bits per heavy atom. The maximum absolute atomic E-state index is 12.4. The summed E-state index contributed by atoms with van der Waals surface area (Å²) in [4.78, 5) is 26.3. The molecule has 1 aliphatic rings. The first-order chi connectivity index (χ1) is 14.4. The standard InChI is InChI=1S/C24H31N3O3/c1-17-10-12-20(13-11-17)26(4)23(28)16-30-24(29)15-14-22-18(2)25-27(19(22)3)21-8-6-5-7-9-21/h5-9,14-15,17,20H,10-13,16H2,1-4H3/b15-14+. The third kappa shape index (κ3) is 5.17. The molecule has 0 radical (unpaired) electrons. The lowest BCUT2D eigenvalue weighted by molar-refractivity contribution is -0.148. The van der Waals surface area contributed by atoms with Crippen molar-refractivity contribution in [2.24, 2.45) is 5.92 Å². The number of ether oxygens (including phenoxy) is 1. The maximum atomic E-state index is 12.4. The Bertz CT molecular complexity index is 909. The van der Waals surface area contributed by atoms with E-state index in [-0.39, 0.29) is 18.6 Å². The number of aryl methyl sites for hydroxylation is 1. The van der Waals surface area contributed by atoms with Gasteiger partial charge in [-0.05, 0) is 63.7 Å². The lowest BCUT2D eigenvalue weighted by Crippen LogP contribution is -2.41. The van der Waals surface area contributed by atoms with E-state index in [0.717, 1.165) is 54.2 Å². The second kappa shape index (κ2) is 9.74. The molecular formula is C24H31N3O3. The van der Waals surface area contributed by atoms with Crippen LogP contribution in [0.25, 0.3) is 11.8 Å². The van der Waals surface area contributed by atoms with Crippen molar-refractivity contribution >= 4 is 18.0 Å². The third-order valence-electron chi connectivity index (χ3n) is 6.00. The first-order valence-corrected chi connectivity index (χ1v) is 10.6. The van der Waals surface area contributed by atoms with Gasteiger partial charge in [-0.3, -0.25) is 4.79 Å². The van der Waals surface area contributed by atoms with Crippen LogP contribution in [0.4, 0.5) is 0 Å². The number of carbonyl (C=O) groups is 2. The van der Waals surface area contributed by atoms with E-state index in [4.69, 9.17) is 4.74 Å². The molecule has 1 aliphatic carbocycles. The Morgan fingerprint density at radius 1 is 1.17 bits per heavy atom. The summed E-state index contributed by atoms with van der Waals surface area (Å²) < 4.78 is 7.04. The number of esters is 1. The van der Waals surface area contributed by atoms with Crippen LogP contribution >= 0.6 is 0 Å². The van der Waals surface area contributed by atoms with E-state index in [0.29, 0.717) is 0 Å². The molecule has 1 aromatic heterocycles. The Labute approximate surface area is 178 Å². The highest BCUT2D eigenvalue weighted by atomic mass is 16.5. The van der Waals surface area contributed by atoms with Gasteiger partial charge in [0.1, 0.15) is 0 Å². The molecular weight excluding hydrogens is 378 g/mol. The summed E-state index contributed by atoms with van der Waals surface area (Å²) in [5, 5.41) is 4.57. The molecule has 1 fully saturated rings. The van der Waals surface area contributed by atoms with Crippen molar-refractivity contribution < 1.29 is 14.3 Å². The van der Waals surface area contributed by atoms with E-state index >= 15 is 0 Å². The molecule has 6 heteroatoms. The average Bonchev–Trinajstić information content (AvgIpc) is 3.04. The highest BCUT2D eigenvalue weighted by molar-refractivity contribution is 5.89. The number of amides is 1. The lowest BCUT2D eigenvalue weighted by atomic mass is 9.87. The zero-order valence-electron chi connectivity index (χ0n) is 18.3. The Hall–Kier alpha value is -2.89. The molecule has 0 saturated heterocycles. The van der Waals surface area contributed by atoms with Gasteiger partial charge < -0.3 is 9.64 Å². The van der Waals surface area contributed by atoms with Gasteiger partial charge in [-0.25, -0.2) is 9.48 Å². The van der Waals surface area contributed by atoms with Crippen LogP contribution in [0.5, 0.6) is 0 Å². The molecule has 1 amide bonds. The SMILES string of the molecule is Cc1nn(-c2ccccc2)c(C)c1/C=C/C(=O)OCC(=O)N(C)C1CCC(C)CC1. The third-order valence-corrected chi connectivity index (χ3v) is 6.00. The summed E-state index contributed by atoms with van der Waals surface area (Å²) in [5.74, 6) is 0.0479. The van der Waals surface area contributed by atoms with Crippen LogP contribution in [0.15, 0.2) is 36.4 Å². The van der Waals surface area contributed by atoms with Crippen LogP contribution < -0.4 is 0 Å². The molecule has 30 heavy (non-hydrogen) atoms. The number of carbonyl (C=O) groups excluding carboxylic acids is 2. The number of nitrogens with zero attached hydrogens (tertiary/aromatic N) is 3. The van der Waals surface area contributed by atoms with Gasteiger partial charge in [0.15, 0.2) is 6.61 Å². The van der Waals surface area contributed by atoms with Gasteiger partial charge in [0, 0.05) is 30.4 Å². The van der Waals surface area contributed by atoms with Crippen LogP contribution in [0.3, 0.4) is 0 Å². The molecule has 6 nitrogen and oxygen atoms in total. The predicted molar refractivity (Wildman–Crippen MR) is 117 cm³/mol. The van der Waals surface area contributed by atoms with Gasteiger partial charge in [0.25, 0.3) is 5.91 Å². The van der Waals surface area contributed by atoms with Gasteiger partial charge in [-0.2, -0.15) is 5.10 Å². The Kier molecular flexibility index (Phi) is 7.08. The van der Waals surface area contributed by atoms with Crippen LogP contribution in [0.2, 0.25) is 0 Å². The number of para-hydroxylation sites is 1. The van der Waals surface area contributed by atoms with Crippen molar-refractivity contribution in [3.63, 3.8) is 0 Å². The highest BCUT2D eigenvalue weighted by Gasteiger charge is 2.25. The molecule has 0 bridgehead atoms. The number of aromatic nitrogens is 2. The minimum absolute atomic E-state index is 0.152. The zero-order valence-corrected chi connectivity index (χ0v) is 18.3. The first-order valence-electron chi connectivity index (χ1n) is 10.6. The van der Waals surface area contributed by atoms with E-state index in [1.807, 2.05) is 48.9 Å². The Morgan fingerprint density at radius 2 is 1.83 bits per heavy atom. The van der Waals surface area contributed by atoms with Crippen LogP contribution in [0, 0.1) is 19.8 Å². The van der Waals surface area contributed by atoms with Crippen molar-refractivity contribution in [2.45, 2.75) is 52.5 Å². The Balaban J connectivity index is 1.56. The van der Waals surface area contributed by atoms with Crippen LogP contribution in [0.1, 0.15) is 49.6 Å².